The standard InChI is InChI=1S/C20H27F2N7S/c1-30-27-9-13-3-2-6-29(12-13)18-7-14(10-25-16(18)8-23)17-11-26-19(28-17)5-4-15(24)20(21)22/h4-5,7,10-11,13,20,24,27H,2-3,6,8-9,12,23H2,1H3,(H,26,28)/b5-4-,24-15?. The summed E-state index contributed by atoms with van der Waals surface area (Å²) in [5.74, 6) is 0.968. The van der Waals surface area contributed by atoms with Crippen molar-refractivity contribution in [3.63, 3.8) is 0 Å². The topological polar surface area (TPSA) is 107 Å². The molecule has 0 saturated carbocycles. The fraction of sp³-hybridized carbons (Fsp3) is 0.450. The van der Waals surface area contributed by atoms with Gasteiger partial charge in [0, 0.05) is 37.9 Å². The van der Waals surface area contributed by atoms with E-state index in [4.69, 9.17) is 11.1 Å². The van der Waals surface area contributed by atoms with Gasteiger partial charge in [0.2, 0.25) is 0 Å². The lowest BCUT2D eigenvalue weighted by molar-refractivity contribution is 0.226. The Balaban J connectivity index is 1.80. The molecule has 2 aromatic heterocycles. The zero-order valence-electron chi connectivity index (χ0n) is 16.9. The monoisotopic (exact) mass is 435 g/mol. The highest BCUT2D eigenvalue weighted by Crippen LogP contribution is 2.29. The highest BCUT2D eigenvalue weighted by Gasteiger charge is 2.22. The van der Waals surface area contributed by atoms with E-state index in [0.717, 1.165) is 54.8 Å². The first-order valence-corrected chi connectivity index (χ1v) is 11.0. The third-order valence-corrected chi connectivity index (χ3v) is 5.53. The molecule has 1 aliphatic rings. The number of anilines is 1. The number of rotatable bonds is 9. The first kappa shape index (κ1) is 22.4. The Hall–Kier alpha value is -2.30. The number of nitrogens with one attached hydrogen (secondary N) is 3. The van der Waals surface area contributed by atoms with Crippen LogP contribution in [-0.2, 0) is 6.54 Å². The number of hydrogen-bond acceptors (Lipinski definition) is 7. The molecule has 1 aliphatic heterocycles. The average molecular weight is 436 g/mol. The van der Waals surface area contributed by atoms with Crippen LogP contribution in [0, 0.1) is 11.3 Å². The lowest BCUT2D eigenvalue weighted by atomic mass is 9.97. The predicted octanol–water partition coefficient (Wildman–Crippen LogP) is 3.31. The van der Waals surface area contributed by atoms with Gasteiger partial charge in [-0.3, -0.25) is 15.1 Å². The number of H-pyrrole nitrogens is 1. The van der Waals surface area contributed by atoms with Crippen LogP contribution in [0.15, 0.2) is 24.5 Å². The minimum atomic E-state index is -2.80. The second kappa shape index (κ2) is 10.6. The van der Waals surface area contributed by atoms with Gasteiger partial charge in [-0.05, 0) is 43.2 Å². The van der Waals surface area contributed by atoms with E-state index in [0.29, 0.717) is 18.3 Å². The Bertz CT molecular complexity index is 884. The Labute approximate surface area is 179 Å². The van der Waals surface area contributed by atoms with Crippen LogP contribution in [0.4, 0.5) is 14.5 Å². The molecule has 162 valence electrons. The van der Waals surface area contributed by atoms with Gasteiger partial charge in [-0.1, -0.05) is 11.9 Å². The lowest BCUT2D eigenvalue weighted by Gasteiger charge is -2.35. The van der Waals surface area contributed by atoms with E-state index in [1.165, 1.54) is 12.5 Å². The van der Waals surface area contributed by atoms with Crippen molar-refractivity contribution in [1.82, 2.24) is 19.7 Å². The van der Waals surface area contributed by atoms with E-state index in [1.54, 1.807) is 24.3 Å². The summed E-state index contributed by atoms with van der Waals surface area (Å²) in [7, 11) is 0. The summed E-state index contributed by atoms with van der Waals surface area (Å²) in [6.07, 6.45) is 7.33. The van der Waals surface area contributed by atoms with E-state index < -0.39 is 12.1 Å². The van der Waals surface area contributed by atoms with E-state index >= 15 is 0 Å². The van der Waals surface area contributed by atoms with Gasteiger partial charge in [0.05, 0.1) is 29.0 Å². The number of alkyl halides is 2. The quantitative estimate of drug-likeness (QED) is 0.356. The molecule has 1 fully saturated rings. The molecule has 0 bridgehead atoms. The van der Waals surface area contributed by atoms with E-state index in [9.17, 15) is 8.78 Å². The highest BCUT2D eigenvalue weighted by atomic mass is 32.2. The SMILES string of the molecule is CSNCC1CCCN(c2cc(-c3cnc(/C=C\C(=N)C(F)F)[nH]3)cnc2CN)C1. The Morgan fingerprint density at radius 2 is 2.30 bits per heavy atom. The van der Waals surface area contributed by atoms with Crippen molar-refractivity contribution in [1.29, 1.82) is 5.41 Å². The molecule has 3 rings (SSSR count). The predicted molar refractivity (Wildman–Crippen MR) is 119 cm³/mol. The van der Waals surface area contributed by atoms with Crippen LogP contribution < -0.4 is 15.4 Å². The molecule has 0 radical (unpaired) electrons. The second-order valence-corrected chi connectivity index (χ2v) is 7.87. The average Bonchev–Trinajstić information content (AvgIpc) is 3.24. The van der Waals surface area contributed by atoms with Crippen LogP contribution in [-0.4, -0.2) is 53.0 Å². The van der Waals surface area contributed by atoms with Crippen molar-refractivity contribution in [2.24, 2.45) is 11.7 Å². The molecule has 7 nitrogen and oxygen atoms in total. The number of allylic oxidation sites excluding steroid dienone is 1. The number of pyridine rings is 1. The molecule has 1 saturated heterocycles. The zero-order valence-corrected chi connectivity index (χ0v) is 17.7. The Morgan fingerprint density at radius 3 is 3.03 bits per heavy atom. The number of aromatic amines is 1. The maximum absolute atomic E-state index is 12.5. The first-order valence-electron chi connectivity index (χ1n) is 9.81. The highest BCUT2D eigenvalue weighted by molar-refractivity contribution is 7.96. The number of nitrogens with two attached hydrogens (primary N) is 1. The summed E-state index contributed by atoms with van der Waals surface area (Å²) in [5.41, 5.74) is 8.64. The van der Waals surface area contributed by atoms with Gasteiger partial charge >= 0.3 is 0 Å². The number of halogens is 2. The molecular weight excluding hydrogens is 408 g/mol. The van der Waals surface area contributed by atoms with Crippen LogP contribution in [0.1, 0.15) is 24.4 Å². The molecule has 2 aromatic rings. The molecule has 10 heteroatoms. The van der Waals surface area contributed by atoms with Crippen molar-refractivity contribution in [3.8, 4) is 11.3 Å². The van der Waals surface area contributed by atoms with Gasteiger partial charge in [-0.2, -0.15) is 0 Å². The molecule has 1 atom stereocenters. The van der Waals surface area contributed by atoms with Crippen molar-refractivity contribution >= 4 is 29.4 Å². The van der Waals surface area contributed by atoms with Crippen molar-refractivity contribution in [2.45, 2.75) is 25.8 Å². The van der Waals surface area contributed by atoms with Crippen molar-refractivity contribution in [3.05, 3.63) is 36.1 Å². The fourth-order valence-electron chi connectivity index (χ4n) is 3.52. The maximum Gasteiger partial charge on any atom is 0.279 e. The van der Waals surface area contributed by atoms with Crippen LogP contribution in [0.3, 0.4) is 0 Å². The molecule has 30 heavy (non-hydrogen) atoms. The number of aromatic nitrogens is 3. The minimum Gasteiger partial charge on any atom is -0.370 e. The van der Waals surface area contributed by atoms with Gasteiger partial charge < -0.3 is 15.6 Å². The molecule has 5 N–H and O–H groups in total. The van der Waals surface area contributed by atoms with Gasteiger partial charge in [-0.25, -0.2) is 13.8 Å². The van der Waals surface area contributed by atoms with Crippen LogP contribution in [0.25, 0.3) is 17.3 Å². The normalized spacial score (nSPS) is 17.2. The molecular formula is C20H27F2N7S. The summed E-state index contributed by atoms with van der Waals surface area (Å²) < 4.78 is 28.3. The smallest absolute Gasteiger partial charge is 0.279 e. The first-order chi connectivity index (χ1) is 14.5. The number of imidazole rings is 1. The number of piperidine rings is 1. The Morgan fingerprint density at radius 1 is 1.47 bits per heavy atom. The summed E-state index contributed by atoms with van der Waals surface area (Å²) in [6.45, 7) is 3.22. The van der Waals surface area contributed by atoms with E-state index in [2.05, 4.69) is 30.6 Å². The van der Waals surface area contributed by atoms with Crippen LogP contribution in [0.5, 0.6) is 0 Å². The molecule has 0 aromatic carbocycles. The summed E-state index contributed by atoms with van der Waals surface area (Å²) in [6, 6.07) is 2.06. The summed E-state index contributed by atoms with van der Waals surface area (Å²) in [5, 5.41) is 7.20. The number of nitrogens with zero attached hydrogens (tertiary/aromatic N) is 3. The minimum absolute atomic E-state index is 0.354. The van der Waals surface area contributed by atoms with E-state index in [-0.39, 0.29) is 0 Å². The Kier molecular flexibility index (Phi) is 7.94. The van der Waals surface area contributed by atoms with Gasteiger partial charge in [0.1, 0.15) is 5.82 Å². The van der Waals surface area contributed by atoms with Gasteiger partial charge in [0.15, 0.2) is 0 Å². The molecule has 3 heterocycles. The summed E-state index contributed by atoms with van der Waals surface area (Å²) in [4.78, 5) is 14.2. The lowest BCUT2D eigenvalue weighted by Crippen LogP contribution is -2.39. The summed E-state index contributed by atoms with van der Waals surface area (Å²) >= 11 is 1.64. The van der Waals surface area contributed by atoms with Crippen LogP contribution >= 0.6 is 11.9 Å². The largest absolute Gasteiger partial charge is 0.370 e. The van der Waals surface area contributed by atoms with Crippen molar-refractivity contribution < 1.29 is 8.78 Å². The molecule has 0 spiro atoms. The van der Waals surface area contributed by atoms with Crippen LogP contribution in [0.2, 0.25) is 0 Å². The van der Waals surface area contributed by atoms with Crippen molar-refractivity contribution in [2.75, 3.05) is 30.8 Å². The molecule has 0 aliphatic carbocycles. The third-order valence-electron chi connectivity index (χ3n) is 5.08. The fourth-order valence-corrected chi connectivity index (χ4v) is 3.92. The maximum atomic E-state index is 12.5. The molecule has 0 amide bonds. The second-order valence-electron chi connectivity index (χ2n) is 7.17. The van der Waals surface area contributed by atoms with E-state index in [1.807, 2.05) is 6.26 Å². The zero-order chi connectivity index (χ0) is 21.5. The van der Waals surface area contributed by atoms with Gasteiger partial charge in [0.25, 0.3) is 6.43 Å². The third kappa shape index (κ3) is 5.65. The van der Waals surface area contributed by atoms with Gasteiger partial charge in [-0.15, -0.1) is 0 Å². The number of hydrogen-bond donors (Lipinski definition) is 4. The molecule has 1 unspecified atom stereocenters.